The Balaban J connectivity index is 1.94. The van der Waals surface area contributed by atoms with Gasteiger partial charge in [-0.2, -0.15) is 4.37 Å². The number of nitrogens with two attached hydrogens (primary N) is 1. The van der Waals surface area contributed by atoms with Crippen LogP contribution in [-0.4, -0.2) is 31.1 Å². The van der Waals surface area contributed by atoms with E-state index in [9.17, 15) is 8.42 Å². The van der Waals surface area contributed by atoms with E-state index in [1.165, 1.54) is 18.0 Å². The number of hydrogen-bond acceptors (Lipinski definition) is 6. The summed E-state index contributed by atoms with van der Waals surface area (Å²) in [5.74, 6) is 0.892. The Hall–Kier alpha value is -0.820. The fourth-order valence-corrected chi connectivity index (χ4v) is 5.84. The molecule has 1 saturated carbocycles. The van der Waals surface area contributed by atoms with Gasteiger partial charge in [-0.15, -0.1) is 0 Å². The molecule has 0 amide bonds. The topological polar surface area (TPSA) is 76.3 Å². The van der Waals surface area contributed by atoms with Gasteiger partial charge in [0.2, 0.25) is 0 Å². The summed E-state index contributed by atoms with van der Waals surface area (Å²) in [7, 11) is -3.28. The molecule has 0 bridgehead atoms. The molecule has 1 saturated heterocycles. The van der Waals surface area contributed by atoms with Gasteiger partial charge in [-0.25, -0.2) is 8.42 Å². The predicted octanol–water partition coefficient (Wildman–Crippen LogP) is 2.29. The van der Waals surface area contributed by atoms with Crippen molar-refractivity contribution in [3.05, 3.63) is 0 Å². The smallest absolute Gasteiger partial charge is 0.187 e. The number of sulfone groups is 1. The Morgan fingerprint density at radius 1 is 1.25 bits per heavy atom. The van der Waals surface area contributed by atoms with E-state index in [0.29, 0.717) is 10.8 Å². The summed E-state index contributed by atoms with van der Waals surface area (Å²) < 4.78 is 29.2. The van der Waals surface area contributed by atoms with Crippen LogP contribution in [0.25, 0.3) is 0 Å². The first kappa shape index (κ1) is 14.1. The SMILES string of the molecule is CC1CCCN(c2snc(N)c2S(=O)(=O)C2CC2)CC1. The summed E-state index contributed by atoms with van der Waals surface area (Å²) >= 11 is 1.24. The van der Waals surface area contributed by atoms with Crippen molar-refractivity contribution in [3.63, 3.8) is 0 Å². The summed E-state index contributed by atoms with van der Waals surface area (Å²) in [5, 5.41) is 0.536. The molecule has 1 aliphatic heterocycles. The van der Waals surface area contributed by atoms with E-state index in [0.717, 1.165) is 43.8 Å². The first-order valence-corrected chi connectivity index (χ1v) is 9.56. The highest BCUT2D eigenvalue weighted by atomic mass is 32.2. The summed E-state index contributed by atoms with van der Waals surface area (Å²) in [4.78, 5) is 2.48. The quantitative estimate of drug-likeness (QED) is 0.926. The number of aromatic nitrogens is 1. The average Bonchev–Trinajstić information content (AvgIpc) is 3.18. The van der Waals surface area contributed by atoms with E-state index < -0.39 is 9.84 Å². The largest absolute Gasteiger partial charge is 0.382 e. The molecule has 1 aromatic rings. The van der Waals surface area contributed by atoms with Gasteiger partial charge in [0.25, 0.3) is 0 Å². The first-order chi connectivity index (χ1) is 9.50. The highest BCUT2D eigenvalue weighted by Crippen LogP contribution is 2.43. The van der Waals surface area contributed by atoms with E-state index >= 15 is 0 Å². The molecule has 2 N–H and O–H groups in total. The average molecular weight is 315 g/mol. The highest BCUT2D eigenvalue weighted by molar-refractivity contribution is 7.92. The molecule has 1 atom stereocenters. The van der Waals surface area contributed by atoms with Crippen molar-refractivity contribution in [2.75, 3.05) is 23.7 Å². The minimum atomic E-state index is -3.28. The zero-order chi connectivity index (χ0) is 14.3. The summed E-state index contributed by atoms with van der Waals surface area (Å²) in [6.45, 7) is 4.06. The van der Waals surface area contributed by atoms with Gasteiger partial charge in [-0.1, -0.05) is 6.92 Å². The first-order valence-electron chi connectivity index (χ1n) is 7.24. The second-order valence-corrected chi connectivity index (χ2v) is 8.89. The molecule has 20 heavy (non-hydrogen) atoms. The third kappa shape index (κ3) is 2.53. The fraction of sp³-hybridized carbons (Fsp3) is 0.769. The Morgan fingerprint density at radius 2 is 2.00 bits per heavy atom. The number of nitrogen functional groups attached to an aromatic ring is 1. The third-order valence-electron chi connectivity index (χ3n) is 4.21. The summed E-state index contributed by atoms with van der Waals surface area (Å²) in [5.41, 5.74) is 5.86. The van der Waals surface area contributed by atoms with E-state index in [-0.39, 0.29) is 11.1 Å². The number of hydrogen-bond donors (Lipinski definition) is 1. The van der Waals surface area contributed by atoms with E-state index in [1.54, 1.807) is 0 Å². The number of nitrogens with zero attached hydrogens (tertiary/aromatic N) is 2. The number of rotatable bonds is 3. The fourth-order valence-electron chi connectivity index (χ4n) is 2.76. The zero-order valence-electron chi connectivity index (χ0n) is 11.7. The van der Waals surface area contributed by atoms with Crippen LogP contribution in [0, 0.1) is 5.92 Å². The van der Waals surface area contributed by atoms with Crippen molar-refractivity contribution in [1.82, 2.24) is 4.37 Å². The second kappa shape index (κ2) is 5.18. The summed E-state index contributed by atoms with van der Waals surface area (Å²) in [6.07, 6.45) is 4.92. The van der Waals surface area contributed by atoms with Crippen LogP contribution in [0.1, 0.15) is 39.0 Å². The summed E-state index contributed by atoms with van der Waals surface area (Å²) in [6, 6.07) is 0. The van der Waals surface area contributed by atoms with Crippen LogP contribution in [0.4, 0.5) is 10.8 Å². The second-order valence-electron chi connectivity index (χ2n) is 5.97. The van der Waals surface area contributed by atoms with Crippen LogP contribution in [0.2, 0.25) is 0 Å². The van der Waals surface area contributed by atoms with Gasteiger partial charge in [0.05, 0.1) is 5.25 Å². The van der Waals surface area contributed by atoms with Crippen LogP contribution in [0.3, 0.4) is 0 Å². The Bertz CT molecular complexity index is 593. The zero-order valence-corrected chi connectivity index (χ0v) is 13.3. The molecule has 1 aliphatic carbocycles. The van der Waals surface area contributed by atoms with Crippen molar-refractivity contribution in [3.8, 4) is 0 Å². The lowest BCUT2D eigenvalue weighted by Gasteiger charge is -2.21. The van der Waals surface area contributed by atoms with Gasteiger partial charge < -0.3 is 10.6 Å². The van der Waals surface area contributed by atoms with Crippen molar-refractivity contribution >= 4 is 32.2 Å². The van der Waals surface area contributed by atoms with E-state index in [2.05, 4.69) is 16.2 Å². The molecular weight excluding hydrogens is 294 g/mol. The monoisotopic (exact) mass is 315 g/mol. The van der Waals surface area contributed by atoms with Crippen LogP contribution in [-0.2, 0) is 9.84 Å². The van der Waals surface area contributed by atoms with Gasteiger partial charge in [-0.3, -0.25) is 0 Å². The molecule has 112 valence electrons. The number of anilines is 2. The van der Waals surface area contributed by atoms with Crippen LogP contribution >= 0.6 is 11.5 Å². The maximum atomic E-state index is 12.6. The maximum absolute atomic E-state index is 12.6. The van der Waals surface area contributed by atoms with E-state index in [1.807, 2.05) is 0 Å². The molecule has 1 aromatic heterocycles. The van der Waals surface area contributed by atoms with Crippen LogP contribution < -0.4 is 10.6 Å². The lowest BCUT2D eigenvalue weighted by molar-refractivity contribution is 0.521. The Kier molecular flexibility index (Phi) is 3.66. The van der Waals surface area contributed by atoms with Crippen molar-refractivity contribution in [1.29, 1.82) is 0 Å². The van der Waals surface area contributed by atoms with Gasteiger partial charge in [0.15, 0.2) is 15.7 Å². The molecule has 1 unspecified atom stereocenters. The molecular formula is C13H21N3O2S2. The molecule has 3 rings (SSSR count). The molecule has 2 fully saturated rings. The highest BCUT2D eigenvalue weighted by Gasteiger charge is 2.41. The van der Waals surface area contributed by atoms with Crippen LogP contribution in [0.15, 0.2) is 4.90 Å². The van der Waals surface area contributed by atoms with Gasteiger partial charge in [-0.05, 0) is 49.6 Å². The normalized spacial score (nSPS) is 24.6. The minimum Gasteiger partial charge on any atom is -0.382 e. The molecule has 5 nitrogen and oxygen atoms in total. The lowest BCUT2D eigenvalue weighted by atomic mass is 10.0. The van der Waals surface area contributed by atoms with Gasteiger partial charge in [0.1, 0.15) is 9.90 Å². The van der Waals surface area contributed by atoms with Gasteiger partial charge >= 0.3 is 0 Å². The van der Waals surface area contributed by atoms with Gasteiger partial charge in [0, 0.05) is 13.1 Å². The lowest BCUT2D eigenvalue weighted by Crippen LogP contribution is -2.25. The predicted molar refractivity (Wildman–Crippen MR) is 82.0 cm³/mol. The standard InChI is InChI=1S/C13H21N3O2S2/c1-9-3-2-7-16(8-6-9)13-11(12(14)15-19-13)20(17,18)10-4-5-10/h9-10H,2-8H2,1H3,(H2,14,15). The molecule has 0 aromatic carbocycles. The van der Waals surface area contributed by atoms with Crippen LogP contribution in [0.5, 0.6) is 0 Å². The minimum absolute atomic E-state index is 0.189. The van der Waals surface area contributed by atoms with Crippen molar-refractivity contribution < 1.29 is 8.42 Å². The Morgan fingerprint density at radius 3 is 2.70 bits per heavy atom. The molecule has 7 heteroatoms. The van der Waals surface area contributed by atoms with Crippen molar-refractivity contribution in [2.45, 2.75) is 49.2 Å². The molecule has 0 spiro atoms. The molecule has 0 radical (unpaired) electrons. The molecule has 2 aliphatic rings. The Labute approximate surface area is 124 Å². The maximum Gasteiger partial charge on any atom is 0.187 e. The van der Waals surface area contributed by atoms with E-state index in [4.69, 9.17) is 5.73 Å². The van der Waals surface area contributed by atoms with Crippen molar-refractivity contribution in [2.24, 2.45) is 5.92 Å². The molecule has 2 heterocycles. The third-order valence-corrected chi connectivity index (χ3v) is 7.58.